The second-order valence-electron chi connectivity index (χ2n) is 3.95. The van der Waals surface area contributed by atoms with Crippen LogP contribution in [0.2, 0.25) is 0 Å². The van der Waals surface area contributed by atoms with E-state index in [1.54, 1.807) is 0 Å². The van der Waals surface area contributed by atoms with Crippen molar-refractivity contribution in [2.24, 2.45) is 0 Å². The van der Waals surface area contributed by atoms with Gasteiger partial charge in [0.1, 0.15) is 0 Å². The molecule has 0 unspecified atom stereocenters. The van der Waals surface area contributed by atoms with Gasteiger partial charge in [-0.3, -0.25) is 0 Å². The van der Waals surface area contributed by atoms with E-state index < -0.39 is 0 Å². The summed E-state index contributed by atoms with van der Waals surface area (Å²) in [5.74, 6) is 0. The van der Waals surface area contributed by atoms with Gasteiger partial charge in [-0.2, -0.15) is 0 Å². The molecule has 3 heteroatoms. The minimum atomic E-state index is 0.390. The largest absolute Gasteiger partial charge is 0.381 e. The standard InChI is InChI=1S/C10H11BrN2/c11-7-1-2-8-9(5-7)12-6-10(13-8)3-4-10/h1-2,5,12-13H,3-4,6H2. The van der Waals surface area contributed by atoms with Gasteiger partial charge in [0, 0.05) is 11.0 Å². The molecule has 3 rings (SSSR count). The molecule has 13 heavy (non-hydrogen) atoms. The van der Waals surface area contributed by atoms with Crippen molar-refractivity contribution in [3.8, 4) is 0 Å². The smallest absolute Gasteiger partial charge is 0.0588 e. The summed E-state index contributed by atoms with van der Waals surface area (Å²) in [5.41, 5.74) is 2.85. The SMILES string of the molecule is Brc1ccc2c(c1)NCC1(CC1)N2. The van der Waals surface area contributed by atoms with Crippen molar-refractivity contribution in [2.45, 2.75) is 18.4 Å². The number of halogens is 1. The van der Waals surface area contributed by atoms with E-state index in [-0.39, 0.29) is 0 Å². The number of nitrogens with one attached hydrogen (secondary N) is 2. The van der Waals surface area contributed by atoms with E-state index >= 15 is 0 Å². The number of fused-ring (bicyclic) bond motifs is 1. The average Bonchev–Trinajstić information content (AvgIpc) is 2.87. The number of benzene rings is 1. The minimum Gasteiger partial charge on any atom is -0.381 e. The molecule has 1 aromatic rings. The summed E-state index contributed by atoms with van der Waals surface area (Å²) in [4.78, 5) is 0. The first-order valence-electron chi connectivity index (χ1n) is 4.59. The molecule has 2 N–H and O–H groups in total. The zero-order chi connectivity index (χ0) is 8.89. The molecule has 2 nitrogen and oxygen atoms in total. The molecule has 0 aromatic heterocycles. The van der Waals surface area contributed by atoms with Crippen molar-refractivity contribution in [1.82, 2.24) is 0 Å². The van der Waals surface area contributed by atoms with Gasteiger partial charge in [-0.1, -0.05) is 15.9 Å². The Morgan fingerprint density at radius 3 is 2.85 bits per heavy atom. The topological polar surface area (TPSA) is 24.1 Å². The van der Waals surface area contributed by atoms with Crippen LogP contribution >= 0.6 is 15.9 Å². The van der Waals surface area contributed by atoms with Crippen LogP contribution in [0.1, 0.15) is 12.8 Å². The van der Waals surface area contributed by atoms with Crippen molar-refractivity contribution >= 4 is 27.3 Å². The molecule has 0 amide bonds. The summed E-state index contributed by atoms with van der Waals surface area (Å²) in [7, 11) is 0. The Hall–Kier alpha value is -0.700. The molecule has 0 atom stereocenters. The highest BCUT2D eigenvalue weighted by atomic mass is 79.9. The molecule has 0 saturated heterocycles. The number of hydrogen-bond acceptors (Lipinski definition) is 2. The van der Waals surface area contributed by atoms with Gasteiger partial charge >= 0.3 is 0 Å². The van der Waals surface area contributed by atoms with E-state index in [4.69, 9.17) is 0 Å². The molecular weight excluding hydrogens is 228 g/mol. The van der Waals surface area contributed by atoms with E-state index in [0.29, 0.717) is 5.54 Å². The lowest BCUT2D eigenvalue weighted by molar-refractivity contribution is 0.755. The van der Waals surface area contributed by atoms with Crippen molar-refractivity contribution in [3.05, 3.63) is 22.7 Å². The predicted molar refractivity (Wildman–Crippen MR) is 58.2 cm³/mol. The highest BCUT2D eigenvalue weighted by Crippen LogP contribution is 2.44. The van der Waals surface area contributed by atoms with E-state index in [0.717, 1.165) is 11.0 Å². The highest BCUT2D eigenvalue weighted by Gasteiger charge is 2.44. The maximum atomic E-state index is 3.59. The Bertz CT molecular complexity index is 358. The molecule has 1 aliphatic carbocycles. The zero-order valence-corrected chi connectivity index (χ0v) is 8.82. The van der Waals surface area contributed by atoms with Crippen LogP contribution in [0.3, 0.4) is 0 Å². The summed E-state index contributed by atoms with van der Waals surface area (Å²) in [5, 5.41) is 7.05. The predicted octanol–water partition coefficient (Wildman–Crippen LogP) is 2.82. The second kappa shape index (κ2) is 2.41. The highest BCUT2D eigenvalue weighted by molar-refractivity contribution is 9.10. The maximum Gasteiger partial charge on any atom is 0.0588 e. The Morgan fingerprint density at radius 2 is 2.08 bits per heavy atom. The molecule has 1 heterocycles. The first-order chi connectivity index (χ1) is 6.27. The van der Waals surface area contributed by atoms with E-state index in [1.807, 2.05) is 0 Å². The lowest BCUT2D eigenvalue weighted by atomic mass is 10.1. The molecular formula is C10H11BrN2. The van der Waals surface area contributed by atoms with E-state index in [1.165, 1.54) is 24.2 Å². The van der Waals surface area contributed by atoms with Crippen LogP contribution in [0.5, 0.6) is 0 Å². The summed E-state index contributed by atoms with van der Waals surface area (Å²) in [6.45, 7) is 1.07. The van der Waals surface area contributed by atoms with Gasteiger partial charge in [-0.25, -0.2) is 0 Å². The van der Waals surface area contributed by atoms with E-state index in [9.17, 15) is 0 Å². The fourth-order valence-electron chi connectivity index (χ4n) is 1.82. The lowest BCUT2D eigenvalue weighted by Crippen LogP contribution is -2.34. The monoisotopic (exact) mass is 238 g/mol. The van der Waals surface area contributed by atoms with Crippen LogP contribution in [0.25, 0.3) is 0 Å². The Balaban J connectivity index is 2.00. The maximum absolute atomic E-state index is 3.59. The molecule has 68 valence electrons. The summed E-state index contributed by atoms with van der Waals surface area (Å²) < 4.78 is 1.13. The molecule has 2 aliphatic rings. The van der Waals surface area contributed by atoms with Gasteiger partial charge < -0.3 is 10.6 Å². The first kappa shape index (κ1) is 7.68. The number of anilines is 2. The lowest BCUT2D eigenvalue weighted by Gasteiger charge is -2.28. The molecule has 1 spiro atoms. The Morgan fingerprint density at radius 1 is 1.23 bits per heavy atom. The van der Waals surface area contributed by atoms with Crippen LogP contribution in [0.4, 0.5) is 11.4 Å². The quantitative estimate of drug-likeness (QED) is 0.727. The summed E-state index contributed by atoms with van der Waals surface area (Å²) >= 11 is 3.47. The van der Waals surface area contributed by atoms with Gasteiger partial charge in [-0.05, 0) is 31.0 Å². The molecule has 1 aliphatic heterocycles. The molecule has 0 bridgehead atoms. The molecule has 1 saturated carbocycles. The fraction of sp³-hybridized carbons (Fsp3) is 0.400. The van der Waals surface area contributed by atoms with Gasteiger partial charge in [0.25, 0.3) is 0 Å². The Labute approximate surface area is 85.8 Å². The average molecular weight is 239 g/mol. The van der Waals surface area contributed by atoms with Crippen molar-refractivity contribution < 1.29 is 0 Å². The van der Waals surface area contributed by atoms with Crippen molar-refractivity contribution in [2.75, 3.05) is 17.2 Å². The minimum absolute atomic E-state index is 0.390. The summed E-state index contributed by atoms with van der Waals surface area (Å²) in [6.07, 6.45) is 2.60. The fourth-order valence-corrected chi connectivity index (χ4v) is 2.18. The van der Waals surface area contributed by atoms with Gasteiger partial charge in [0.2, 0.25) is 0 Å². The molecule has 1 fully saturated rings. The summed E-state index contributed by atoms with van der Waals surface area (Å²) in [6, 6.07) is 6.33. The van der Waals surface area contributed by atoms with Crippen LogP contribution in [0.15, 0.2) is 22.7 Å². The van der Waals surface area contributed by atoms with E-state index in [2.05, 4.69) is 44.8 Å². The Kier molecular flexibility index (Phi) is 1.42. The first-order valence-corrected chi connectivity index (χ1v) is 5.38. The van der Waals surface area contributed by atoms with Crippen LogP contribution in [-0.2, 0) is 0 Å². The van der Waals surface area contributed by atoms with Crippen molar-refractivity contribution in [1.29, 1.82) is 0 Å². The molecule has 1 aromatic carbocycles. The number of hydrogen-bond donors (Lipinski definition) is 2. The van der Waals surface area contributed by atoms with Gasteiger partial charge in [0.05, 0.1) is 16.9 Å². The third kappa shape index (κ3) is 1.22. The van der Waals surface area contributed by atoms with Gasteiger partial charge in [0.15, 0.2) is 0 Å². The van der Waals surface area contributed by atoms with Crippen molar-refractivity contribution in [3.63, 3.8) is 0 Å². The number of rotatable bonds is 0. The normalized spacial score (nSPS) is 21.6. The third-order valence-electron chi connectivity index (χ3n) is 2.85. The van der Waals surface area contributed by atoms with Crippen LogP contribution in [0, 0.1) is 0 Å². The van der Waals surface area contributed by atoms with Crippen LogP contribution < -0.4 is 10.6 Å². The second-order valence-corrected chi connectivity index (χ2v) is 4.86. The third-order valence-corrected chi connectivity index (χ3v) is 3.35. The van der Waals surface area contributed by atoms with Crippen LogP contribution in [-0.4, -0.2) is 12.1 Å². The van der Waals surface area contributed by atoms with Gasteiger partial charge in [-0.15, -0.1) is 0 Å². The zero-order valence-electron chi connectivity index (χ0n) is 7.23. The molecule has 0 radical (unpaired) electrons.